The molecule has 2 fully saturated rings. The molecule has 1 aromatic rings. The van der Waals surface area contributed by atoms with Gasteiger partial charge in [0.05, 0.1) is 0 Å². The van der Waals surface area contributed by atoms with E-state index in [0.29, 0.717) is 5.78 Å². The van der Waals surface area contributed by atoms with Gasteiger partial charge in [0.25, 0.3) is 0 Å². The van der Waals surface area contributed by atoms with Crippen molar-refractivity contribution in [3.8, 4) is 0 Å². The van der Waals surface area contributed by atoms with Crippen LogP contribution in [0.25, 0.3) is 0 Å². The first-order valence-corrected chi connectivity index (χ1v) is 6.75. The molecule has 2 aliphatic rings. The van der Waals surface area contributed by atoms with E-state index in [4.69, 9.17) is 0 Å². The largest absolute Gasteiger partial charge is 0.370 e. The van der Waals surface area contributed by atoms with Gasteiger partial charge in [-0.25, -0.2) is 0 Å². The smallest absolute Gasteiger partial charge is 0.159 e. The molecule has 0 spiro atoms. The Kier molecular flexibility index (Phi) is 3.11. The first-order valence-electron chi connectivity index (χ1n) is 6.75. The number of hydrogen-bond donors (Lipinski definition) is 1. The molecule has 0 saturated carbocycles. The van der Waals surface area contributed by atoms with Crippen LogP contribution in [-0.2, 0) is 4.79 Å². The highest BCUT2D eigenvalue weighted by Gasteiger charge is 2.37. The Morgan fingerprint density at radius 1 is 1.26 bits per heavy atom. The lowest BCUT2D eigenvalue weighted by molar-refractivity contribution is -0.129. The number of nitrogens with zero attached hydrogens (tertiary/aromatic N) is 1. The normalized spacial score (nSPS) is 26.4. The molecule has 100 valence electrons. The predicted octanol–water partition coefficient (Wildman–Crippen LogP) is 1.11. The lowest BCUT2D eigenvalue weighted by Gasteiger charge is -2.41. The molecule has 2 heterocycles. The summed E-state index contributed by atoms with van der Waals surface area (Å²) in [5.74, 6) is 0.663. The zero-order chi connectivity index (χ0) is 13.4. The van der Waals surface area contributed by atoms with Gasteiger partial charge in [0.2, 0.25) is 0 Å². The van der Waals surface area contributed by atoms with E-state index in [0.717, 1.165) is 37.4 Å². The third-order valence-electron chi connectivity index (χ3n) is 4.09. The highest BCUT2D eigenvalue weighted by molar-refractivity contribution is 5.95. The fourth-order valence-electron chi connectivity index (χ4n) is 3.01. The molecule has 0 aromatic heterocycles. The van der Waals surface area contributed by atoms with Gasteiger partial charge in [-0.15, -0.1) is 0 Å². The number of nitrogens with one attached hydrogen (secondary N) is 1. The number of hydrogen-bond acceptors (Lipinski definition) is 4. The van der Waals surface area contributed by atoms with Crippen LogP contribution in [0, 0.1) is 11.8 Å². The molecule has 2 bridgehead atoms. The standard InChI is InChI=1S/C15H18N2O2/c1-10(18)11-3-2-4-14(5-11)17-8-12-6-16-7-13(9-17)15(12)19/h2-5,12-13,16H,6-9H2,1H3. The molecule has 1 aromatic carbocycles. The summed E-state index contributed by atoms with van der Waals surface area (Å²) >= 11 is 0. The highest BCUT2D eigenvalue weighted by atomic mass is 16.1. The van der Waals surface area contributed by atoms with E-state index >= 15 is 0 Å². The zero-order valence-corrected chi connectivity index (χ0v) is 11.1. The average molecular weight is 258 g/mol. The van der Waals surface area contributed by atoms with Crippen molar-refractivity contribution in [3.05, 3.63) is 29.8 Å². The molecule has 2 saturated heterocycles. The Morgan fingerprint density at radius 2 is 1.95 bits per heavy atom. The number of benzene rings is 1. The van der Waals surface area contributed by atoms with Crippen molar-refractivity contribution >= 4 is 17.3 Å². The molecule has 3 rings (SSSR count). The van der Waals surface area contributed by atoms with E-state index in [1.165, 1.54) is 0 Å². The molecule has 1 N–H and O–H groups in total. The van der Waals surface area contributed by atoms with Crippen LogP contribution in [0.1, 0.15) is 17.3 Å². The lowest BCUT2D eigenvalue weighted by Crippen LogP contribution is -2.57. The second-order valence-corrected chi connectivity index (χ2v) is 5.47. The SMILES string of the molecule is CC(=O)c1cccc(N2CC3CNCC(C2)C3=O)c1. The second kappa shape index (κ2) is 4.78. The minimum atomic E-state index is 0.0804. The van der Waals surface area contributed by atoms with Gasteiger partial charge < -0.3 is 10.2 Å². The first-order chi connectivity index (χ1) is 9.15. The van der Waals surface area contributed by atoms with Gasteiger partial charge in [0.15, 0.2) is 5.78 Å². The van der Waals surface area contributed by atoms with Gasteiger partial charge in [0, 0.05) is 49.3 Å². The summed E-state index contributed by atoms with van der Waals surface area (Å²) in [5.41, 5.74) is 1.79. The number of Topliss-reactive ketones (excluding diaryl/α,β-unsaturated/α-hetero) is 2. The molecular weight excluding hydrogens is 240 g/mol. The summed E-state index contributed by atoms with van der Waals surface area (Å²) in [6, 6.07) is 7.70. The Labute approximate surface area is 112 Å². The third kappa shape index (κ3) is 2.28. The average Bonchev–Trinajstić information content (AvgIpc) is 2.38. The number of carbonyl (C=O) groups is 2. The first kappa shape index (κ1) is 12.4. The van der Waals surface area contributed by atoms with Gasteiger partial charge in [0.1, 0.15) is 5.78 Å². The Bertz CT molecular complexity index is 511. The van der Waals surface area contributed by atoms with Crippen LogP contribution < -0.4 is 10.2 Å². The molecule has 0 amide bonds. The summed E-state index contributed by atoms with van der Waals surface area (Å²) in [4.78, 5) is 25.7. The summed E-state index contributed by atoms with van der Waals surface area (Å²) < 4.78 is 0. The van der Waals surface area contributed by atoms with Crippen molar-refractivity contribution in [2.24, 2.45) is 11.8 Å². The number of piperidine rings is 2. The minimum absolute atomic E-state index is 0.0804. The van der Waals surface area contributed by atoms with E-state index in [-0.39, 0.29) is 17.6 Å². The third-order valence-corrected chi connectivity index (χ3v) is 4.09. The van der Waals surface area contributed by atoms with Gasteiger partial charge in [-0.3, -0.25) is 9.59 Å². The van der Waals surface area contributed by atoms with Gasteiger partial charge in [-0.05, 0) is 19.1 Å². The van der Waals surface area contributed by atoms with Gasteiger partial charge in [-0.1, -0.05) is 12.1 Å². The van der Waals surface area contributed by atoms with Crippen LogP contribution in [0.4, 0.5) is 5.69 Å². The zero-order valence-electron chi connectivity index (χ0n) is 11.1. The monoisotopic (exact) mass is 258 g/mol. The Hall–Kier alpha value is -1.68. The van der Waals surface area contributed by atoms with Gasteiger partial charge >= 0.3 is 0 Å². The van der Waals surface area contributed by atoms with Crippen molar-refractivity contribution in [2.45, 2.75) is 6.92 Å². The molecule has 4 nitrogen and oxygen atoms in total. The number of anilines is 1. The van der Waals surface area contributed by atoms with Crippen LogP contribution >= 0.6 is 0 Å². The van der Waals surface area contributed by atoms with Crippen molar-refractivity contribution in [2.75, 3.05) is 31.1 Å². The lowest BCUT2D eigenvalue weighted by atomic mass is 9.84. The van der Waals surface area contributed by atoms with Crippen LogP contribution in [-0.4, -0.2) is 37.7 Å². The quantitative estimate of drug-likeness (QED) is 0.807. The fraction of sp³-hybridized carbons (Fsp3) is 0.467. The molecule has 19 heavy (non-hydrogen) atoms. The van der Waals surface area contributed by atoms with Crippen LogP contribution in [0.2, 0.25) is 0 Å². The molecule has 2 aliphatic heterocycles. The van der Waals surface area contributed by atoms with Crippen molar-refractivity contribution in [1.29, 1.82) is 0 Å². The summed E-state index contributed by atoms with van der Waals surface area (Å²) in [7, 11) is 0. The molecule has 0 aliphatic carbocycles. The summed E-state index contributed by atoms with van der Waals surface area (Å²) in [6.45, 7) is 4.64. The second-order valence-electron chi connectivity index (χ2n) is 5.47. The van der Waals surface area contributed by atoms with E-state index in [9.17, 15) is 9.59 Å². The molecule has 4 heteroatoms. The van der Waals surface area contributed by atoms with E-state index < -0.39 is 0 Å². The molecular formula is C15H18N2O2. The predicted molar refractivity (Wildman–Crippen MR) is 73.5 cm³/mol. The topological polar surface area (TPSA) is 49.4 Å². The van der Waals surface area contributed by atoms with Crippen LogP contribution in [0.3, 0.4) is 0 Å². The molecule has 2 atom stereocenters. The Morgan fingerprint density at radius 3 is 2.58 bits per heavy atom. The number of fused-ring (bicyclic) bond motifs is 2. The minimum Gasteiger partial charge on any atom is -0.370 e. The number of rotatable bonds is 2. The Balaban J connectivity index is 1.85. The highest BCUT2D eigenvalue weighted by Crippen LogP contribution is 2.26. The number of ketones is 2. The van der Waals surface area contributed by atoms with Gasteiger partial charge in [-0.2, -0.15) is 0 Å². The van der Waals surface area contributed by atoms with Crippen molar-refractivity contribution < 1.29 is 9.59 Å². The maximum atomic E-state index is 12.0. The maximum absolute atomic E-state index is 12.0. The van der Waals surface area contributed by atoms with Crippen LogP contribution in [0.15, 0.2) is 24.3 Å². The van der Waals surface area contributed by atoms with E-state index in [1.54, 1.807) is 6.92 Å². The fourth-order valence-corrected chi connectivity index (χ4v) is 3.01. The maximum Gasteiger partial charge on any atom is 0.159 e. The summed E-state index contributed by atoms with van der Waals surface area (Å²) in [5, 5.41) is 3.32. The molecule has 2 unspecified atom stereocenters. The van der Waals surface area contributed by atoms with Crippen molar-refractivity contribution in [1.82, 2.24) is 5.32 Å². The van der Waals surface area contributed by atoms with Crippen molar-refractivity contribution in [3.63, 3.8) is 0 Å². The van der Waals surface area contributed by atoms with Crippen LogP contribution in [0.5, 0.6) is 0 Å². The number of carbonyl (C=O) groups excluding carboxylic acids is 2. The van der Waals surface area contributed by atoms with E-state index in [2.05, 4.69) is 10.2 Å². The van der Waals surface area contributed by atoms with E-state index in [1.807, 2.05) is 24.3 Å². The molecule has 0 radical (unpaired) electrons. The summed E-state index contributed by atoms with van der Waals surface area (Å²) in [6.07, 6.45) is 0.